The van der Waals surface area contributed by atoms with Gasteiger partial charge < -0.3 is 14.4 Å². The number of fused-ring (bicyclic) bond motifs is 1. The Morgan fingerprint density at radius 3 is 2.33 bits per heavy atom. The maximum atomic E-state index is 12.9. The maximum absolute atomic E-state index is 12.9. The number of Topliss-reactive ketones (excluding diaryl/α,β-unsaturated/α-hetero) is 1. The molecule has 0 aromatic heterocycles. The number of carbonyl (C=O) groups is 1. The van der Waals surface area contributed by atoms with Crippen molar-refractivity contribution in [3.05, 3.63) is 101 Å². The van der Waals surface area contributed by atoms with Crippen LogP contribution in [-0.2, 0) is 0 Å². The van der Waals surface area contributed by atoms with Crippen LogP contribution in [0, 0.1) is 6.92 Å². The first-order valence-corrected chi connectivity index (χ1v) is 11.4. The van der Waals surface area contributed by atoms with Crippen LogP contribution in [0.2, 0.25) is 0 Å². The summed E-state index contributed by atoms with van der Waals surface area (Å²) in [4.78, 5) is 15.2. The highest BCUT2D eigenvalue weighted by atomic mass is 16.5. The normalized spacial score (nSPS) is 13.9. The van der Waals surface area contributed by atoms with Gasteiger partial charge in [-0.1, -0.05) is 48.5 Å². The highest BCUT2D eigenvalue weighted by Gasteiger charge is 2.30. The van der Waals surface area contributed by atoms with Crippen LogP contribution in [0.4, 0.5) is 5.69 Å². The van der Waals surface area contributed by atoms with Gasteiger partial charge in [-0.25, -0.2) is 0 Å². The summed E-state index contributed by atoms with van der Waals surface area (Å²) in [6, 6.07) is 21.9. The molecule has 1 aliphatic rings. The SMILES string of the molecule is CCN(CC)c1ccc(/C=C2\Oc3c(ccc(OC/C=C/c4ccccc4)c3C)C2=O)cc1. The van der Waals surface area contributed by atoms with Gasteiger partial charge in [-0.3, -0.25) is 4.79 Å². The summed E-state index contributed by atoms with van der Waals surface area (Å²) < 4.78 is 11.9. The Labute approximate surface area is 195 Å². The topological polar surface area (TPSA) is 38.8 Å². The molecule has 0 aliphatic carbocycles. The van der Waals surface area contributed by atoms with Crippen LogP contribution >= 0.6 is 0 Å². The Morgan fingerprint density at radius 1 is 0.909 bits per heavy atom. The zero-order chi connectivity index (χ0) is 23.2. The molecule has 0 saturated heterocycles. The molecule has 0 spiro atoms. The lowest BCUT2D eigenvalue weighted by molar-refractivity contribution is 0.101. The summed E-state index contributed by atoms with van der Waals surface area (Å²) in [5, 5.41) is 0. The van der Waals surface area contributed by atoms with E-state index in [1.165, 1.54) is 5.69 Å². The predicted octanol–water partition coefficient (Wildman–Crippen LogP) is 6.55. The first-order chi connectivity index (χ1) is 16.1. The van der Waals surface area contributed by atoms with Crippen molar-refractivity contribution < 1.29 is 14.3 Å². The van der Waals surface area contributed by atoms with Crippen LogP contribution in [0.3, 0.4) is 0 Å². The minimum absolute atomic E-state index is 0.101. The first kappa shape index (κ1) is 22.4. The summed E-state index contributed by atoms with van der Waals surface area (Å²) in [6.45, 7) is 8.55. The molecule has 0 bridgehead atoms. The lowest BCUT2D eigenvalue weighted by atomic mass is 10.1. The number of rotatable bonds is 8. The first-order valence-electron chi connectivity index (χ1n) is 11.4. The highest BCUT2D eigenvalue weighted by Crippen LogP contribution is 2.39. The fourth-order valence-corrected chi connectivity index (χ4v) is 3.93. The van der Waals surface area contributed by atoms with Crippen molar-refractivity contribution in [1.29, 1.82) is 0 Å². The van der Waals surface area contributed by atoms with Gasteiger partial charge in [0.2, 0.25) is 5.78 Å². The van der Waals surface area contributed by atoms with Gasteiger partial charge in [0.1, 0.15) is 18.1 Å². The summed E-state index contributed by atoms with van der Waals surface area (Å²) >= 11 is 0. The predicted molar refractivity (Wildman–Crippen MR) is 135 cm³/mol. The Balaban J connectivity index is 1.46. The molecule has 33 heavy (non-hydrogen) atoms. The molecule has 0 saturated carbocycles. The average molecular weight is 440 g/mol. The van der Waals surface area contributed by atoms with Crippen LogP contribution < -0.4 is 14.4 Å². The lowest BCUT2D eigenvalue weighted by Gasteiger charge is -2.20. The molecular weight excluding hydrogens is 410 g/mol. The van der Waals surface area contributed by atoms with E-state index in [1.54, 1.807) is 12.1 Å². The second-order valence-electron chi connectivity index (χ2n) is 7.89. The van der Waals surface area contributed by atoms with Gasteiger partial charge in [0.15, 0.2) is 5.76 Å². The minimum atomic E-state index is -0.101. The van der Waals surface area contributed by atoms with E-state index in [0.717, 1.165) is 29.8 Å². The monoisotopic (exact) mass is 439 g/mol. The molecule has 0 radical (unpaired) electrons. The van der Waals surface area contributed by atoms with Gasteiger partial charge in [0, 0.05) is 24.3 Å². The van der Waals surface area contributed by atoms with E-state index in [-0.39, 0.29) is 5.78 Å². The van der Waals surface area contributed by atoms with E-state index in [2.05, 4.69) is 30.9 Å². The van der Waals surface area contributed by atoms with E-state index in [4.69, 9.17) is 9.47 Å². The molecule has 4 nitrogen and oxygen atoms in total. The number of nitrogens with zero attached hydrogens (tertiary/aromatic N) is 1. The Hall–Kier alpha value is -3.79. The smallest absolute Gasteiger partial charge is 0.231 e. The second kappa shape index (κ2) is 10.2. The molecule has 1 aliphatic heterocycles. The fraction of sp³-hybridized carbons (Fsp3) is 0.207. The van der Waals surface area contributed by atoms with E-state index in [9.17, 15) is 4.79 Å². The van der Waals surface area contributed by atoms with Crippen LogP contribution in [0.5, 0.6) is 11.5 Å². The summed E-state index contributed by atoms with van der Waals surface area (Å²) in [5.41, 5.74) is 4.63. The van der Waals surface area contributed by atoms with Crippen LogP contribution in [0.15, 0.2) is 78.6 Å². The van der Waals surface area contributed by atoms with E-state index < -0.39 is 0 Å². The van der Waals surface area contributed by atoms with Crippen molar-refractivity contribution >= 4 is 23.6 Å². The zero-order valence-corrected chi connectivity index (χ0v) is 19.4. The van der Waals surface area contributed by atoms with Gasteiger partial charge in [-0.05, 0) is 68.3 Å². The van der Waals surface area contributed by atoms with E-state index in [1.807, 2.05) is 67.6 Å². The van der Waals surface area contributed by atoms with Crippen LogP contribution in [0.25, 0.3) is 12.2 Å². The zero-order valence-electron chi connectivity index (χ0n) is 19.4. The van der Waals surface area contributed by atoms with Gasteiger partial charge in [0.25, 0.3) is 0 Å². The molecule has 3 aromatic carbocycles. The minimum Gasteiger partial charge on any atom is -0.489 e. The van der Waals surface area contributed by atoms with Crippen molar-refractivity contribution in [3.63, 3.8) is 0 Å². The maximum Gasteiger partial charge on any atom is 0.231 e. The average Bonchev–Trinajstić information content (AvgIpc) is 3.16. The van der Waals surface area contributed by atoms with Crippen molar-refractivity contribution in [1.82, 2.24) is 0 Å². The largest absolute Gasteiger partial charge is 0.489 e. The molecule has 4 heteroatoms. The molecule has 0 unspecified atom stereocenters. The molecule has 0 atom stereocenters. The molecular formula is C29H29NO3. The highest BCUT2D eigenvalue weighted by molar-refractivity contribution is 6.15. The quantitative estimate of drug-likeness (QED) is 0.373. The van der Waals surface area contributed by atoms with Crippen LogP contribution in [0.1, 0.15) is 40.9 Å². The number of anilines is 1. The third-order valence-corrected chi connectivity index (χ3v) is 5.80. The molecule has 0 N–H and O–H groups in total. The third-order valence-electron chi connectivity index (χ3n) is 5.80. The molecule has 3 aromatic rings. The number of carbonyl (C=O) groups excluding carboxylic acids is 1. The van der Waals surface area contributed by atoms with Crippen LogP contribution in [-0.4, -0.2) is 25.5 Å². The molecule has 0 fully saturated rings. The van der Waals surface area contributed by atoms with Crippen molar-refractivity contribution in [2.24, 2.45) is 0 Å². The molecule has 168 valence electrons. The Morgan fingerprint density at radius 2 is 1.64 bits per heavy atom. The summed E-state index contributed by atoms with van der Waals surface area (Å²) in [7, 11) is 0. The summed E-state index contributed by atoms with van der Waals surface area (Å²) in [6.07, 6.45) is 5.80. The third kappa shape index (κ3) is 5.01. The standard InChI is InChI=1S/C29H29NO3/c1-4-30(5-2)24-15-13-23(14-16-24)20-27-28(31)25-17-18-26(21(3)29(25)33-27)32-19-9-12-22-10-7-6-8-11-22/h6-18,20H,4-5,19H2,1-3H3/b12-9+,27-20-. The number of allylic oxidation sites excluding steroid dienone is 1. The van der Waals surface area contributed by atoms with Crippen molar-refractivity contribution in [2.75, 3.05) is 24.6 Å². The van der Waals surface area contributed by atoms with Gasteiger partial charge in [-0.15, -0.1) is 0 Å². The Kier molecular flexibility index (Phi) is 6.94. The van der Waals surface area contributed by atoms with Gasteiger partial charge in [-0.2, -0.15) is 0 Å². The Bertz CT molecular complexity index is 1170. The molecule has 4 rings (SSSR count). The number of hydrogen-bond donors (Lipinski definition) is 0. The van der Waals surface area contributed by atoms with Crippen molar-refractivity contribution in [2.45, 2.75) is 20.8 Å². The molecule has 1 heterocycles. The molecule has 0 amide bonds. The number of ether oxygens (including phenoxy) is 2. The van der Waals surface area contributed by atoms with E-state index in [0.29, 0.717) is 29.4 Å². The number of benzene rings is 3. The lowest BCUT2D eigenvalue weighted by Crippen LogP contribution is -2.21. The second-order valence-corrected chi connectivity index (χ2v) is 7.89. The summed E-state index contributed by atoms with van der Waals surface area (Å²) in [5.74, 6) is 1.53. The van der Waals surface area contributed by atoms with Gasteiger partial charge in [0.05, 0.1) is 5.56 Å². The van der Waals surface area contributed by atoms with Gasteiger partial charge >= 0.3 is 0 Å². The fourth-order valence-electron chi connectivity index (χ4n) is 3.93. The number of hydrogen-bond acceptors (Lipinski definition) is 4. The van der Waals surface area contributed by atoms with E-state index >= 15 is 0 Å². The van der Waals surface area contributed by atoms with Crippen molar-refractivity contribution in [3.8, 4) is 11.5 Å². The number of ketones is 1.